The molecule has 2 rings (SSSR count). The Morgan fingerprint density at radius 2 is 2.11 bits per heavy atom. The van der Waals surface area contributed by atoms with Gasteiger partial charge in [-0.15, -0.1) is 11.3 Å². The van der Waals surface area contributed by atoms with Crippen LogP contribution in [0.1, 0.15) is 32.3 Å². The molecular weight excluding hydrogens is 278 g/mol. The number of nitrogens with zero attached hydrogens (tertiary/aromatic N) is 2. The number of nitrogens with one attached hydrogen (secondary N) is 1. The Morgan fingerprint density at radius 1 is 1.26 bits per heavy atom. The molecule has 0 aliphatic heterocycles. The summed E-state index contributed by atoms with van der Waals surface area (Å²) in [4.78, 5) is 9.85. The predicted molar refractivity (Wildman–Crippen MR) is 83.1 cm³/mol. The van der Waals surface area contributed by atoms with E-state index in [9.17, 15) is 0 Å². The molecule has 0 atom stereocenters. The lowest BCUT2D eigenvalue weighted by atomic mass is 10.1. The molecule has 19 heavy (non-hydrogen) atoms. The van der Waals surface area contributed by atoms with Gasteiger partial charge in [0.25, 0.3) is 0 Å². The van der Waals surface area contributed by atoms with Crippen molar-refractivity contribution in [2.45, 2.75) is 33.1 Å². The van der Waals surface area contributed by atoms with Crippen LogP contribution < -0.4 is 5.32 Å². The van der Waals surface area contributed by atoms with Gasteiger partial charge in [0.05, 0.1) is 15.6 Å². The third kappa shape index (κ3) is 3.25. The van der Waals surface area contributed by atoms with Gasteiger partial charge < -0.3 is 5.32 Å². The molecule has 3 nitrogen and oxygen atoms in total. The second-order valence-electron chi connectivity index (χ2n) is 4.32. The van der Waals surface area contributed by atoms with Crippen molar-refractivity contribution >= 4 is 28.8 Å². The summed E-state index contributed by atoms with van der Waals surface area (Å²) in [6, 6.07) is 1.92. The zero-order chi connectivity index (χ0) is 13.7. The average Bonchev–Trinajstić information content (AvgIpc) is 2.84. The van der Waals surface area contributed by atoms with Crippen molar-refractivity contribution in [2.75, 3.05) is 11.9 Å². The van der Waals surface area contributed by atoms with Crippen molar-refractivity contribution in [3.05, 3.63) is 28.4 Å². The van der Waals surface area contributed by atoms with E-state index in [2.05, 4.69) is 29.1 Å². The largest absolute Gasteiger partial charge is 0.370 e. The Kier molecular flexibility index (Phi) is 5.16. The molecule has 0 radical (unpaired) electrons. The van der Waals surface area contributed by atoms with Crippen molar-refractivity contribution in [1.29, 1.82) is 0 Å². The molecule has 2 aromatic heterocycles. The predicted octanol–water partition coefficient (Wildman–Crippen LogP) is 4.63. The fourth-order valence-electron chi connectivity index (χ4n) is 1.95. The Morgan fingerprint density at radius 3 is 2.74 bits per heavy atom. The maximum Gasteiger partial charge on any atom is 0.133 e. The van der Waals surface area contributed by atoms with Crippen molar-refractivity contribution in [3.63, 3.8) is 0 Å². The van der Waals surface area contributed by atoms with Gasteiger partial charge in [0.1, 0.15) is 12.1 Å². The molecule has 1 N–H and O–H groups in total. The number of anilines is 1. The molecule has 0 unspecified atom stereocenters. The lowest BCUT2D eigenvalue weighted by molar-refractivity contribution is 0.893. The fourth-order valence-corrected chi connectivity index (χ4v) is 3.12. The van der Waals surface area contributed by atoms with Crippen LogP contribution in [-0.4, -0.2) is 16.5 Å². The van der Waals surface area contributed by atoms with E-state index in [1.165, 1.54) is 5.56 Å². The van der Waals surface area contributed by atoms with Crippen LogP contribution in [0.25, 0.3) is 10.6 Å². The maximum atomic E-state index is 6.23. The van der Waals surface area contributed by atoms with E-state index in [1.54, 1.807) is 17.7 Å². The minimum atomic E-state index is 0.766. The molecule has 0 saturated heterocycles. The van der Waals surface area contributed by atoms with Gasteiger partial charge in [-0.05, 0) is 24.3 Å². The number of thiophene rings is 1. The van der Waals surface area contributed by atoms with E-state index in [0.717, 1.165) is 47.2 Å². The average molecular weight is 296 g/mol. The highest BCUT2D eigenvalue weighted by Gasteiger charge is 2.15. The number of halogens is 1. The van der Waals surface area contributed by atoms with Gasteiger partial charge in [-0.1, -0.05) is 31.9 Å². The van der Waals surface area contributed by atoms with Gasteiger partial charge in [0, 0.05) is 12.1 Å². The second-order valence-corrected chi connectivity index (χ2v) is 5.65. The highest BCUT2D eigenvalue weighted by Crippen LogP contribution is 2.36. The zero-order valence-electron chi connectivity index (χ0n) is 11.2. The van der Waals surface area contributed by atoms with Crippen molar-refractivity contribution in [1.82, 2.24) is 9.97 Å². The smallest absolute Gasteiger partial charge is 0.133 e. The molecular formula is C14H18ClN3S. The summed E-state index contributed by atoms with van der Waals surface area (Å²) in [6.45, 7) is 5.23. The minimum Gasteiger partial charge on any atom is -0.370 e. The maximum absolute atomic E-state index is 6.23. The summed E-state index contributed by atoms with van der Waals surface area (Å²) < 4.78 is 0. The normalized spacial score (nSPS) is 10.7. The Hall–Kier alpha value is -1.13. The zero-order valence-corrected chi connectivity index (χ0v) is 12.8. The van der Waals surface area contributed by atoms with E-state index in [1.807, 2.05) is 11.4 Å². The molecule has 0 amide bonds. The van der Waals surface area contributed by atoms with Crippen molar-refractivity contribution in [2.24, 2.45) is 0 Å². The van der Waals surface area contributed by atoms with Gasteiger partial charge in [0.15, 0.2) is 0 Å². The van der Waals surface area contributed by atoms with Crippen LogP contribution in [0.15, 0.2) is 17.8 Å². The second kappa shape index (κ2) is 6.87. The van der Waals surface area contributed by atoms with E-state index >= 15 is 0 Å². The van der Waals surface area contributed by atoms with Crippen LogP contribution in [-0.2, 0) is 6.42 Å². The first-order chi connectivity index (χ1) is 9.27. The molecule has 0 aromatic carbocycles. The number of aromatic nitrogens is 2. The van der Waals surface area contributed by atoms with Crippen LogP contribution in [0.4, 0.5) is 5.82 Å². The molecule has 102 valence electrons. The summed E-state index contributed by atoms with van der Waals surface area (Å²) in [6.07, 6.45) is 4.70. The highest BCUT2D eigenvalue weighted by atomic mass is 35.5. The third-order valence-corrected chi connectivity index (χ3v) is 4.17. The van der Waals surface area contributed by atoms with Gasteiger partial charge >= 0.3 is 0 Å². The lowest BCUT2D eigenvalue weighted by Gasteiger charge is -2.13. The summed E-state index contributed by atoms with van der Waals surface area (Å²) in [5.74, 6) is 0.943. The van der Waals surface area contributed by atoms with Crippen molar-refractivity contribution < 1.29 is 0 Å². The topological polar surface area (TPSA) is 37.8 Å². The summed E-state index contributed by atoms with van der Waals surface area (Å²) in [5, 5.41) is 6.14. The number of rotatable bonds is 6. The van der Waals surface area contributed by atoms with Crippen LogP contribution >= 0.6 is 22.9 Å². The Bertz CT molecular complexity index is 539. The van der Waals surface area contributed by atoms with Crippen LogP contribution in [0.3, 0.4) is 0 Å². The van der Waals surface area contributed by atoms with E-state index < -0.39 is 0 Å². The minimum absolute atomic E-state index is 0.766. The molecule has 0 aliphatic carbocycles. The number of hydrogen-bond acceptors (Lipinski definition) is 4. The van der Waals surface area contributed by atoms with Gasteiger partial charge in [0.2, 0.25) is 0 Å². The fraction of sp³-hybridized carbons (Fsp3) is 0.429. The first kappa shape index (κ1) is 14.3. The molecule has 0 fully saturated rings. The Balaban J connectivity index is 2.45. The van der Waals surface area contributed by atoms with Crippen LogP contribution in [0.2, 0.25) is 5.02 Å². The van der Waals surface area contributed by atoms with Gasteiger partial charge in [-0.3, -0.25) is 0 Å². The molecule has 5 heteroatoms. The lowest BCUT2D eigenvalue weighted by Crippen LogP contribution is -2.07. The summed E-state index contributed by atoms with van der Waals surface area (Å²) in [7, 11) is 0. The van der Waals surface area contributed by atoms with E-state index in [-0.39, 0.29) is 0 Å². The van der Waals surface area contributed by atoms with Crippen LogP contribution in [0, 0.1) is 0 Å². The third-order valence-electron chi connectivity index (χ3n) is 2.82. The molecule has 0 spiro atoms. The first-order valence-electron chi connectivity index (χ1n) is 6.59. The monoisotopic (exact) mass is 295 g/mol. The Labute approximate surface area is 123 Å². The highest BCUT2D eigenvalue weighted by molar-refractivity contribution is 7.14. The number of hydrogen-bond donors (Lipinski definition) is 1. The standard InChI is InChI=1S/C14H18ClN3S/c1-3-5-10-12(13-11(15)6-8-19-13)17-9-18-14(10)16-7-4-2/h6,8-9H,3-5,7H2,1-2H3,(H,16,17,18). The molecule has 0 saturated carbocycles. The first-order valence-corrected chi connectivity index (χ1v) is 7.84. The molecule has 2 aromatic rings. The summed E-state index contributed by atoms with van der Waals surface area (Å²) in [5.41, 5.74) is 2.14. The summed E-state index contributed by atoms with van der Waals surface area (Å²) >= 11 is 7.86. The molecule has 0 bridgehead atoms. The molecule has 0 aliphatic rings. The van der Waals surface area contributed by atoms with Gasteiger partial charge in [-0.2, -0.15) is 0 Å². The SMILES string of the molecule is CCCNc1ncnc(-c2sccc2Cl)c1CCC. The van der Waals surface area contributed by atoms with Gasteiger partial charge in [-0.25, -0.2) is 9.97 Å². The van der Waals surface area contributed by atoms with Crippen molar-refractivity contribution in [3.8, 4) is 10.6 Å². The van der Waals surface area contributed by atoms with E-state index in [0.29, 0.717) is 0 Å². The van der Waals surface area contributed by atoms with Crippen LogP contribution in [0.5, 0.6) is 0 Å². The molecule has 2 heterocycles. The van der Waals surface area contributed by atoms with E-state index in [4.69, 9.17) is 11.6 Å². The quantitative estimate of drug-likeness (QED) is 0.844.